The highest BCUT2D eigenvalue weighted by atomic mass is 16.2. The molecule has 25 heavy (non-hydrogen) atoms. The van der Waals surface area contributed by atoms with Crippen molar-refractivity contribution >= 4 is 16.8 Å². The Hall–Kier alpha value is -2.96. The number of nitrogens with zero attached hydrogens (tertiary/aromatic N) is 4. The third kappa shape index (κ3) is 2.93. The van der Waals surface area contributed by atoms with Crippen LogP contribution >= 0.6 is 0 Å². The van der Waals surface area contributed by atoms with Crippen LogP contribution in [-0.4, -0.2) is 31.1 Å². The number of carbonyl (C=O) groups is 1. The summed E-state index contributed by atoms with van der Waals surface area (Å²) >= 11 is 0. The molecular formula is C18H19N5O2. The largest absolute Gasteiger partial charge is 0.350 e. The van der Waals surface area contributed by atoms with E-state index in [0.717, 1.165) is 18.7 Å². The Balaban J connectivity index is 1.52. The second kappa shape index (κ2) is 6.16. The fourth-order valence-electron chi connectivity index (χ4n) is 3.37. The van der Waals surface area contributed by atoms with E-state index in [4.69, 9.17) is 0 Å². The molecule has 0 fully saturated rings. The van der Waals surface area contributed by atoms with Crippen molar-refractivity contribution < 1.29 is 4.79 Å². The van der Waals surface area contributed by atoms with Crippen molar-refractivity contribution in [1.82, 2.24) is 24.4 Å². The van der Waals surface area contributed by atoms with Gasteiger partial charge in [0.15, 0.2) is 0 Å². The Labute approximate surface area is 144 Å². The van der Waals surface area contributed by atoms with Crippen molar-refractivity contribution in [3.63, 3.8) is 0 Å². The van der Waals surface area contributed by atoms with Crippen LogP contribution in [0.2, 0.25) is 0 Å². The van der Waals surface area contributed by atoms with E-state index in [2.05, 4.69) is 19.9 Å². The zero-order valence-corrected chi connectivity index (χ0v) is 14.0. The maximum atomic E-state index is 12.6. The molecular weight excluding hydrogens is 318 g/mol. The fourth-order valence-corrected chi connectivity index (χ4v) is 3.37. The number of aryl methyl sites for hydroxylation is 2. The van der Waals surface area contributed by atoms with Crippen molar-refractivity contribution in [2.45, 2.75) is 38.9 Å². The van der Waals surface area contributed by atoms with Crippen molar-refractivity contribution in [2.75, 3.05) is 0 Å². The third-order valence-corrected chi connectivity index (χ3v) is 4.65. The first-order valence-corrected chi connectivity index (χ1v) is 8.37. The standard InChI is InChI=1S/C18H19N5O2/c1-12-20-15-5-3-2-4-14(15)18(25)23(12)11-17(24)21-13-6-7-16-19-8-9-22(16)10-13/h2-5,8-9,13H,6-7,10-11H2,1H3,(H,21,24)/t13-/m0/s1. The summed E-state index contributed by atoms with van der Waals surface area (Å²) in [6, 6.07) is 7.24. The molecule has 4 rings (SSSR count). The summed E-state index contributed by atoms with van der Waals surface area (Å²) in [4.78, 5) is 33.8. The van der Waals surface area contributed by atoms with Crippen molar-refractivity contribution in [3.8, 4) is 0 Å². The molecule has 0 spiro atoms. The lowest BCUT2D eigenvalue weighted by Crippen LogP contribution is -2.43. The van der Waals surface area contributed by atoms with Gasteiger partial charge in [0.25, 0.3) is 5.56 Å². The highest BCUT2D eigenvalue weighted by Crippen LogP contribution is 2.13. The van der Waals surface area contributed by atoms with Gasteiger partial charge in [-0.2, -0.15) is 0 Å². The summed E-state index contributed by atoms with van der Waals surface area (Å²) in [5.74, 6) is 1.42. The van der Waals surface area contributed by atoms with Crippen LogP contribution in [0.3, 0.4) is 0 Å². The normalized spacial score (nSPS) is 16.6. The van der Waals surface area contributed by atoms with Crippen LogP contribution in [0.15, 0.2) is 41.5 Å². The van der Waals surface area contributed by atoms with Gasteiger partial charge < -0.3 is 9.88 Å². The van der Waals surface area contributed by atoms with Gasteiger partial charge in [0.2, 0.25) is 5.91 Å². The molecule has 0 saturated carbocycles. The van der Waals surface area contributed by atoms with Gasteiger partial charge in [-0.05, 0) is 25.5 Å². The van der Waals surface area contributed by atoms with Crippen LogP contribution in [0.1, 0.15) is 18.1 Å². The Morgan fingerprint density at radius 1 is 1.36 bits per heavy atom. The van der Waals surface area contributed by atoms with Gasteiger partial charge in [-0.1, -0.05) is 12.1 Å². The van der Waals surface area contributed by atoms with Gasteiger partial charge in [0, 0.05) is 31.4 Å². The molecule has 0 unspecified atom stereocenters. The fraction of sp³-hybridized carbons (Fsp3) is 0.333. The van der Waals surface area contributed by atoms with Crippen LogP contribution in [0.5, 0.6) is 0 Å². The molecule has 1 aromatic carbocycles. The third-order valence-electron chi connectivity index (χ3n) is 4.65. The molecule has 1 N–H and O–H groups in total. The SMILES string of the molecule is Cc1nc2ccccc2c(=O)n1CC(=O)N[C@H]1CCc2nccn2C1. The van der Waals surface area contributed by atoms with Gasteiger partial charge >= 0.3 is 0 Å². The van der Waals surface area contributed by atoms with Crippen LogP contribution in [0.4, 0.5) is 0 Å². The summed E-state index contributed by atoms with van der Waals surface area (Å²) in [6.07, 6.45) is 5.40. The van der Waals surface area contributed by atoms with Crippen LogP contribution in [0.25, 0.3) is 10.9 Å². The minimum Gasteiger partial charge on any atom is -0.350 e. The second-order valence-electron chi connectivity index (χ2n) is 6.37. The topological polar surface area (TPSA) is 81.8 Å². The molecule has 1 aliphatic heterocycles. The van der Waals surface area contributed by atoms with Crippen molar-refractivity contribution in [2.24, 2.45) is 0 Å². The van der Waals surface area contributed by atoms with E-state index in [9.17, 15) is 9.59 Å². The molecule has 2 aromatic heterocycles. The van der Waals surface area contributed by atoms with Gasteiger partial charge in [-0.3, -0.25) is 14.2 Å². The number of aromatic nitrogens is 4. The van der Waals surface area contributed by atoms with E-state index in [1.807, 2.05) is 12.3 Å². The molecule has 3 aromatic rings. The van der Waals surface area contributed by atoms with E-state index < -0.39 is 0 Å². The molecule has 0 bridgehead atoms. The maximum Gasteiger partial charge on any atom is 0.261 e. The Kier molecular flexibility index (Phi) is 3.83. The molecule has 7 heteroatoms. The number of rotatable bonds is 3. The molecule has 0 radical (unpaired) electrons. The summed E-state index contributed by atoms with van der Waals surface area (Å²) < 4.78 is 3.49. The Bertz CT molecular complexity index is 1000. The van der Waals surface area contributed by atoms with E-state index in [-0.39, 0.29) is 24.1 Å². The molecule has 0 aliphatic carbocycles. The number of benzene rings is 1. The quantitative estimate of drug-likeness (QED) is 0.774. The molecule has 1 atom stereocenters. The smallest absolute Gasteiger partial charge is 0.261 e. The minimum absolute atomic E-state index is 0.0181. The van der Waals surface area contributed by atoms with Gasteiger partial charge in [0.1, 0.15) is 18.2 Å². The molecule has 1 aliphatic rings. The van der Waals surface area contributed by atoms with E-state index in [1.54, 1.807) is 31.3 Å². The summed E-state index contributed by atoms with van der Waals surface area (Å²) in [5, 5.41) is 3.55. The number of carbonyl (C=O) groups excluding carboxylic acids is 1. The van der Waals surface area contributed by atoms with E-state index in [0.29, 0.717) is 23.3 Å². The van der Waals surface area contributed by atoms with Gasteiger partial charge in [0.05, 0.1) is 10.9 Å². The highest BCUT2D eigenvalue weighted by Gasteiger charge is 2.21. The molecule has 128 valence electrons. The number of amides is 1. The average molecular weight is 337 g/mol. The Morgan fingerprint density at radius 2 is 2.20 bits per heavy atom. The number of hydrogen-bond donors (Lipinski definition) is 1. The number of nitrogens with one attached hydrogen (secondary N) is 1. The predicted molar refractivity (Wildman–Crippen MR) is 93.2 cm³/mol. The molecule has 7 nitrogen and oxygen atoms in total. The first-order chi connectivity index (χ1) is 12.1. The van der Waals surface area contributed by atoms with E-state index in [1.165, 1.54) is 4.57 Å². The summed E-state index contributed by atoms with van der Waals surface area (Å²) in [6.45, 7) is 2.44. The maximum absolute atomic E-state index is 12.6. The molecule has 1 amide bonds. The minimum atomic E-state index is -0.182. The summed E-state index contributed by atoms with van der Waals surface area (Å²) in [7, 11) is 0. The van der Waals surface area contributed by atoms with Crippen LogP contribution in [-0.2, 0) is 24.3 Å². The summed E-state index contributed by atoms with van der Waals surface area (Å²) in [5.41, 5.74) is 0.473. The number of para-hydroxylation sites is 1. The first kappa shape index (κ1) is 15.6. The Morgan fingerprint density at radius 3 is 3.08 bits per heavy atom. The average Bonchev–Trinajstić information content (AvgIpc) is 3.06. The number of hydrogen-bond acceptors (Lipinski definition) is 4. The lowest BCUT2D eigenvalue weighted by Gasteiger charge is -2.25. The molecule has 0 saturated heterocycles. The van der Waals surface area contributed by atoms with Crippen molar-refractivity contribution in [1.29, 1.82) is 0 Å². The number of fused-ring (bicyclic) bond motifs is 2. The predicted octanol–water partition coefficient (Wildman–Crippen LogP) is 1.03. The lowest BCUT2D eigenvalue weighted by molar-refractivity contribution is -0.122. The lowest BCUT2D eigenvalue weighted by atomic mass is 10.1. The zero-order valence-electron chi connectivity index (χ0n) is 14.0. The van der Waals surface area contributed by atoms with Crippen molar-refractivity contribution in [3.05, 3.63) is 58.7 Å². The second-order valence-corrected chi connectivity index (χ2v) is 6.37. The highest BCUT2D eigenvalue weighted by molar-refractivity contribution is 5.79. The monoisotopic (exact) mass is 337 g/mol. The molecule has 3 heterocycles. The van der Waals surface area contributed by atoms with Gasteiger partial charge in [-0.15, -0.1) is 0 Å². The van der Waals surface area contributed by atoms with Gasteiger partial charge in [-0.25, -0.2) is 9.97 Å². The van der Waals surface area contributed by atoms with Crippen LogP contribution in [0, 0.1) is 6.92 Å². The van der Waals surface area contributed by atoms with E-state index >= 15 is 0 Å². The first-order valence-electron chi connectivity index (χ1n) is 8.37. The zero-order chi connectivity index (χ0) is 17.4. The number of imidazole rings is 1. The van der Waals surface area contributed by atoms with Crippen LogP contribution < -0.4 is 10.9 Å².